The van der Waals surface area contributed by atoms with Crippen LogP contribution in [-0.4, -0.2) is 36.1 Å². The van der Waals surface area contributed by atoms with E-state index in [0.717, 1.165) is 0 Å². The van der Waals surface area contributed by atoms with E-state index in [-0.39, 0.29) is 17.5 Å². The Bertz CT molecular complexity index is 473. The van der Waals surface area contributed by atoms with Gasteiger partial charge in [0.1, 0.15) is 5.78 Å². The molecular formula is C14H16ClNO2. The summed E-state index contributed by atoms with van der Waals surface area (Å²) in [5.41, 5.74) is 0.559. The smallest absolute Gasteiger partial charge is 0.178 e. The van der Waals surface area contributed by atoms with Crippen LogP contribution in [-0.2, 0) is 4.79 Å². The highest BCUT2D eigenvalue weighted by Gasteiger charge is 2.25. The number of hydrogen-bond donors (Lipinski definition) is 0. The third-order valence-electron chi connectivity index (χ3n) is 3.30. The van der Waals surface area contributed by atoms with E-state index in [1.807, 2.05) is 17.9 Å². The van der Waals surface area contributed by atoms with Crippen LogP contribution in [0, 0.1) is 5.92 Å². The highest BCUT2D eigenvalue weighted by atomic mass is 35.5. The summed E-state index contributed by atoms with van der Waals surface area (Å²) >= 11 is 6.00. The van der Waals surface area contributed by atoms with Crippen LogP contribution < -0.4 is 0 Å². The molecule has 18 heavy (non-hydrogen) atoms. The van der Waals surface area contributed by atoms with Crippen LogP contribution in [0.3, 0.4) is 0 Å². The van der Waals surface area contributed by atoms with Crippen molar-refractivity contribution in [3.8, 4) is 0 Å². The second kappa shape index (κ2) is 5.63. The van der Waals surface area contributed by atoms with Gasteiger partial charge in [-0.1, -0.05) is 30.7 Å². The lowest BCUT2D eigenvalue weighted by Crippen LogP contribution is -2.42. The number of nitrogens with zero attached hydrogens (tertiary/aromatic N) is 1. The normalized spacial score (nSPS) is 21.0. The average Bonchev–Trinajstić information content (AvgIpc) is 2.34. The summed E-state index contributed by atoms with van der Waals surface area (Å²) in [6.07, 6.45) is 0.539. The van der Waals surface area contributed by atoms with Crippen LogP contribution in [0.4, 0.5) is 0 Å². The lowest BCUT2D eigenvalue weighted by Gasteiger charge is -2.29. The Kier molecular flexibility index (Phi) is 4.15. The van der Waals surface area contributed by atoms with Crippen molar-refractivity contribution in [2.45, 2.75) is 13.3 Å². The summed E-state index contributed by atoms with van der Waals surface area (Å²) in [5, 5.41) is 0.489. The zero-order valence-electron chi connectivity index (χ0n) is 10.4. The Morgan fingerprint density at radius 1 is 1.44 bits per heavy atom. The van der Waals surface area contributed by atoms with Crippen molar-refractivity contribution in [3.05, 3.63) is 34.9 Å². The van der Waals surface area contributed by atoms with Crippen LogP contribution in [0.2, 0.25) is 5.02 Å². The second-order valence-corrected chi connectivity index (χ2v) is 5.16. The topological polar surface area (TPSA) is 37.4 Å². The molecule has 3 nitrogen and oxygen atoms in total. The SMILES string of the molecule is CC1CN(CC(=O)c2ccccc2Cl)CCC1=O. The zero-order chi connectivity index (χ0) is 13.1. The highest BCUT2D eigenvalue weighted by molar-refractivity contribution is 6.34. The van der Waals surface area contributed by atoms with Gasteiger partial charge in [0.15, 0.2) is 5.78 Å². The molecule has 1 atom stereocenters. The molecule has 1 heterocycles. The van der Waals surface area contributed by atoms with E-state index in [0.29, 0.717) is 36.6 Å². The summed E-state index contributed by atoms with van der Waals surface area (Å²) < 4.78 is 0. The van der Waals surface area contributed by atoms with Gasteiger partial charge in [-0.2, -0.15) is 0 Å². The van der Waals surface area contributed by atoms with Crippen molar-refractivity contribution in [3.63, 3.8) is 0 Å². The third-order valence-corrected chi connectivity index (χ3v) is 3.63. The maximum atomic E-state index is 12.1. The number of Topliss-reactive ketones (excluding diaryl/α,β-unsaturated/α-hetero) is 2. The molecule has 0 amide bonds. The van der Waals surface area contributed by atoms with Crippen molar-refractivity contribution in [2.24, 2.45) is 5.92 Å². The summed E-state index contributed by atoms with van der Waals surface area (Å²) in [6.45, 7) is 3.57. The van der Waals surface area contributed by atoms with E-state index in [2.05, 4.69) is 0 Å². The highest BCUT2D eigenvalue weighted by Crippen LogP contribution is 2.17. The first-order valence-corrected chi connectivity index (χ1v) is 6.48. The number of ketones is 2. The van der Waals surface area contributed by atoms with Gasteiger partial charge in [0.25, 0.3) is 0 Å². The predicted octanol–water partition coefficient (Wildman–Crippen LogP) is 2.43. The number of likely N-dealkylation sites (tertiary alicyclic amines) is 1. The summed E-state index contributed by atoms with van der Waals surface area (Å²) in [6, 6.07) is 7.07. The van der Waals surface area contributed by atoms with Gasteiger partial charge in [-0.25, -0.2) is 0 Å². The third kappa shape index (κ3) is 2.98. The monoisotopic (exact) mass is 265 g/mol. The Hall–Kier alpha value is -1.19. The number of piperidine rings is 1. The maximum Gasteiger partial charge on any atom is 0.178 e. The van der Waals surface area contributed by atoms with Crippen molar-refractivity contribution in [1.29, 1.82) is 0 Å². The molecule has 1 saturated heterocycles. The molecule has 0 aromatic heterocycles. The number of halogens is 1. The van der Waals surface area contributed by atoms with E-state index in [4.69, 9.17) is 11.6 Å². The van der Waals surface area contributed by atoms with Gasteiger partial charge in [-0.15, -0.1) is 0 Å². The molecule has 0 N–H and O–H groups in total. The zero-order valence-corrected chi connectivity index (χ0v) is 11.1. The van der Waals surface area contributed by atoms with E-state index >= 15 is 0 Å². The molecule has 0 saturated carbocycles. The lowest BCUT2D eigenvalue weighted by atomic mass is 9.98. The molecule has 0 aliphatic carbocycles. The Morgan fingerprint density at radius 3 is 2.83 bits per heavy atom. The molecule has 0 bridgehead atoms. The van der Waals surface area contributed by atoms with Crippen molar-refractivity contribution < 1.29 is 9.59 Å². The summed E-state index contributed by atoms with van der Waals surface area (Å²) in [7, 11) is 0. The van der Waals surface area contributed by atoms with Crippen LogP contribution in [0.1, 0.15) is 23.7 Å². The largest absolute Gasteiger partial charge is 0.299 e. The number of carbonyl (C=O) groups is 2. The van der Waals surface area contributed by atoms with E-state index < -0.39 is 0 Å². The molecule has 1 aromatic rings. The average molecular weight is 266 g/mol. The van der Waals surface area contributed by atoms with Gasteiger partial charge in [-0.3, -0.25) is 14.5 Å². The van der Waals surface area contributed by atoms with Gasteiger partial charge >= 0.3 is 0 Å². The minimum Gasteiger partial charge on any atom is -0.299 e. The summed E-state index contributed by atoms with van der Waals surface area (Å²) in [4.78, 5) is 25.6. The fourth-order valence-corrected chi connectivity index (χ4v) is 2.46. The number of carbonyl (C=O) groups excluding carboxylic acids is 2. The van der Waals surface area contributed by atoms with Crippen LogP contribution in [0.5, 0.6) is 0 Å². The lowest BCUT2D eigenvalue weighted by molar-refractivity contribution is -0.125. The molecule has 1 unspecified atom stereocenters. The standard InChI is InChI=1S/C14H16ClNO2/c1-10-8-16(7-6-13(10)17)9-14(18)11-4-2-3-5-12(11)15/h2-5,10H,6-9H2,1H3. The van der Waals surface area contributed by atoms with Gasteiger partial charge in [0.05, 0.1) is 11.6 Å². The van der Waals surface area contributed by atoms with E-state index in [1.54, 1.807) is 18.2 Å². The molecule has 1 aromatic carbocycles. The molecule has 0 spiro atoms. The quantitative estimate of drug-likeness (QED) is 0.788. The Balaban J connectivity index is 2.00. The van der Waals surface area contributed by atoms with Gasteiger partial charge in [0.2, 0.25) is 0 Å². The number of hydrogen-bond acceptors (Lipinski definition) is 3. The van der Waals surface area contributed by atoms with Crippen molar-refractivity contribution in [1.82, 2.24) is 4.90 Å². The first-order chi connectivity index (χ1) is 8.58. The van der Waals surface area contributed by atoms with Crippen molar-refractivity contribution >= 4 is 23.2 Å². The molecule has 1 aliphatic rings. The fourth-order valence-electron chi connectivity index (χ4n) is 2.21. The molecular weight excluding hydrogens is 250 g/mol. The van der Waals surface area contributed by atoms with Crippen molar-refractivity contribution in [2.75, 3.05) is 19.6 Å². The fraction of sp³-hybridized carbons (Fsp3) is 0.429. The maximum absolute atomic E-state index is 12.1. The van der Waals surface area contributed by atoms with E-state index in [1.165, 1.54) is 0 Å². The predicted molar refractivity (Wildman–Crippen MR) is 71.0 cm³/mol. The van der Waals surface area contributed by atoms with E-state index in [9.17, 15) is 9.59 Å². The number of rotatable bonds is 3. The van der Waals surface area contributed by atoms with Crippen LogP contribution in [0.15, 0.2) is 24.3 Å². The molecule has 4 heteroatoms. The number of benzene rings is 1. The summed E-state index contributed by atoms with van der Waals surface area (Å²) in [5.74, 6) is 0.330. The minimum absolute atomic E-state index is 0.0159. The molecule has 0 radical (unpaired) electrons. The van der Waals surface area contributed by atoms with Gasteiger partial charge in [-0.05, 0) is 12.1 Å². The first-order valence-electron chi connectivity index (χ1n) is 6.10. The molecule has 2 rings (SSSR count). The van der Waals surface area contributed by atoms with Gasteiger partial charge < -0.3 is 0 Å². The molecule has 1 fully saturated rings. The van der Waals surface area contributed by atoms with Crippen LogP contribution in [0.25, 0.3) is 0 Å². The minimum atomic E-state index is 0.0159. The second-order valence-electron chi connectivity index (χ2n) is 4.76. The molecule has 96 valence electrons. The van der Waals surface area contributed by atoms with Gasteiger partial charge in [0, 0.05) is 31.0 Å². The Labute approximate surface area is 112 Å². The Morgan fingerprint density at radius 2 is 2.17 bits per heavy atom. The molecule has 1 aliphatic heterocycles. The first kappa shape index (κ1) is 13.2. The van der Waals surface area contributed by atoms with Crippen LogP contribution >= 0.6 is 11.6 Å².